The molecule has 1 amide bonds. The van der Waals surface area contributed by atoms with Crippen molar-refractivity contribution in [2.45, 2.75) is 20.3 Å². The van der Waals surface area contributed by atoms with Gasteiger partial charge >= 0.3 is 0 Å². The van der Waals surface area contributed by atoms with E-state index < -0.39 is 5.91 Å². The summed E-state index contributed by atoms with van der Waals surface area (Å²) in [7, 11) is 0. The van der Waals surface area contributed by atoms with Crippen LogP contribution >= 0.6 is 0 Å². The Labute approximate surface area is 81.1 Å². The molecule has 1 aliphatic heterocycles. The van der Waals surface area contributed by atoms with E-state index in [2.05, 4.69) is 15.0 Å². The Morgan fingerprint density at radius 1 is 1.36 bits per heavy atom. The summed E-state index contributed by atoms with van der Waals surface area (Å²) in [5, 5.41) is 0. The molecule has 0 spiro atoms. The summed E-state index contributed by atoms with van der Waals surface area (Å²) in [6.07, 6.45) is 0.455. The molecule has 0 fully saturated rings. The second-order valence-corrected chi connectivity index (χ2v) is 3.26. The Hall–Kier alpha value is -1.78. The first-order valence-electron chi connectivity index (χ1n) is 4.29. The van der Waals surface area contributed by atoms with Crippen LogP contribution in [0.15, 0.2) is 4.99 Å². The topological polar surface area (TPSA) is 81.2 Å². The third-order valence-corrected chi connectivity index (χ3v) is 2.17. The van der Waals surface area contributed by atoms with Gasteiger partial charge in [0.05, 0.1) is 0 Å². The molecule has 5 heteroatoms. The van der Waals surface area contributed by atoms with Gasteiger partial charge in [0.25, 0.3) is 5.91 Å². The van der Waals surface area contributed by atoms with Crippen molar-refractivity contribution in [1.29, 1.82) is 0 Å². The Kier molecular flexibility index (Phi) is 1.80. The number of nitrogens with zero attached hydrogens (tertiary/aromatic N) is 3. The van der Waals surface area contributed by atoms with E-state index in [1.54, 1.807) is 6.92 Å². The molecule has 14 heavy (non-hydrogen) atoms. The Morgan fingerprint density at radius 3 is 2.71 bits per heavy atom. The molecule has 0 aromatic carbocycles. The van der Waals surface area contributed by atoms with Crippen LogP contribution in [0.4, 0.5) is 5.82 Å². The van der Waals surface area contributed by atoms with E-state index in [1.165, 1.54) is 0 Å². The Bertz CT molecular complexity index is 450. The van der Waals surface area contributed by atoms with E-state index in [1.807, 2.05) is 6.92 Å². The zero-order chi connectivity index (χ0) is 10.3. The average Bonchev–Trinajstić information content (AvgIpc) is 2.47. The van der Waals surface area contributed by atoms with Gasteiger partial charge in [-0.2, -0.15) is 0 Å². The minimum atomic E-state index is -0.486. The van der Waals surface area contributed by atoms with Gasteiger partial charge in [-0.1, -0.05) is 0 Å². The number of aromatic nitrogens is 2. The number of nitrogens with two attached hydrogens (primary N) is 1. The summed E-state index contributed by atoms with van der Waals surface area (Å²) >= 11 is 0. The molecule has 0 radical (unpaired) electrons. The van der Waals surface area contributed by atoms with Gasteiger partial charge in [-0.05, 0) is 13.8 Å². The summed E-state index contributed by atoms with van der Waals surface area (Å²) in [5.74, 6) is 0.763. The van der Waals surface area contributed by atoms with Crippen molar-refractivity contribution >= 4 is 17.4 Å². The average molecular weight is 190 g/mol. The molecule has 0 atom stereocenters. The van der Waals surface area contributed by atoms with Gasteiger partial charge in [-0.25, -0.2) is 15.0 Å². The van der Waals surface area contributed by atoms with Crippen molar-refractivity contribution in [3.8, 4) is 0 Å². The van der Waals surface area contributed by atoms with Crippen molar-refractivity contribution in [2.75, 3.05) is 0 Å². The van der Waals surface area contributed by atoms with E-state index >= 15 is 0 Å². The van der Waals surface area contributed by atoms with Crippen molar-refractivity contribution < 1.29 is 4.79 Å². The van der Waals surface area contributed by atoms with Crippen molar-refractivity contribution in [3.63, 3.8) is 0 Å². The smallest absolute Gasteiger partial charge is 0.263 e. The molecule has 72 valence electrons. The van der Waals surface area contributed by atoms with Gasteiger partial charge in [0.1, 0.15) is 11.5 Å². The van der Waals surface area contributed by atoms with Crippen molar-refractivity contribution in [2.24, 2.45) is 10.7 Å². The minimum Gasteiger partial charge on any atom is -0.365 e. The van der Waals surface area contributed by atoms with E-state index in [0.29, 0.717) is 23.8 Å². The van der Waals surface area contributed by atoms with E-state index in [9.17, 15) is 4.79 Å². The third kappa shape index (κ3) is 1.26. The maximum Gasteiger partial charge on any atom is 0.263 e. The number of fused-ring (bicyclic) bond motifs is 1. The molecule has 1 aliphatic rings. The van der Waals surface area contributed by atoms with Crippen molar-refractivity contribution in [3.05, 3.63) is 17.1 Å². The fraction of sp³-hybridized carbons (Fsp3) is 0.333. The molecule has 2 rings (SSSR count). The number of carbonyl (C=O) groups excluding carboxylic acids is 1. The lowest BCUT2D eigenvalue weighted by atomic mass is 10.1. The quantitative estimate of drug-likeness (QED) is 0.687. The number of carbonyl (C=O) groups is 1. The fourth-order valence-corrected chi connectivity index (χ4v) is 1.49. The molecule has 2 heterocycles. The van der Waals surface area contributed by atoms with Crippen LogP contribution < -0.4 is 5.73 Å². The van der Waals surface area contributed by atoms with Crippen LogP contribution in [0.2, 0.25) is 0 Å². The normalized spacial score (nSPS) is 13.7. The van der Waals surface area contributed by atoms with E-state index in [0.717, 1.165) is 11.3 Å². The number of primary amides is 1. The molecule has 5 nitrogen and oxygen atoms in total. The van der Waals surface area contributed by atoms with Crippen LogP contribution in [0.25, 0.3) is 0 Å². The maximum absolute atomic E-state index is 10.9. The summed E-state index contributed by atoms with van der Waals surface area (Å²) in [6.45, 7) is 3.68. The highest BCUT2D eigenvalue weighted by molar-refractivity contribution is 6.40. The number of aliphatic imine (C=N–C) groups is 1. The SMILES string of the molecule is Cc1nc(C)c2c(n1)N=C(C(N)=O)C2. The molecule has 0 bridgehead atoms. The van der Waals surface area contributed by atoms with Crippen LogP contribution in [-0.2, 0) is 11.2 Å². The van der Waals surface area contributed by atoms with Crippen LogP contribution in [0, 0.1) is 13.8 Å². The predicted molar refractivity (Wildman–Crippen MR) is 51.5 cm³/mol. The second kappa shape index (κ2) is 2.87. The molecule has 1 aromatic heterocycles. The monoisotopic (exact) mass is 190 g/mol. The molecule has 0 aliphatic carbocycles. The molecule has 0 unspecified atom stereocenters. The van der Waals surface area contributed by atoms with Crippen molar-refractivity contribution in [1.82, 2.24) is 9.97 Å². The number of hydrogen-bond acceptors (Lipinski definition) is 4. The number of hydrogen-bond donors (Lipinski definition) is 1. The molecule has 0 saturated carbocycles. The summed E-state index contributed by atoms with van der Waals surface area (Å²) in [5.41, 5.74) is 7.29. The lowest BCUT2D eigenvalue weighted by Gasteiger charge is -2.01. The highest BCUT2D eigenvalue weighted by atomic mass is 16.1. The Balaban J connectivity index is 2.51. The van der Waals surface area contributed by atoms with Crippen LogP contribution in [0.5, 0.6) is 0 Å². The zero-order valence-electron chi connectivity index (χ0n) is 8.03. The van der Waals surface area contributed by atoms with E-state index in [4.69, 9.17) is 5.73 Å². The van der Waals surface area contributed by atoms with Gasteiger partial charge in [0.15, 0.2) is 5.82 Å². The largest absolute Gasteiger partial charge is 0.365 e. The number of amides is 1. The Morgan fingerprint density at radius 2 is 2.07 bits per heavy atom. The lowest BCUT2D eigenvalue weighted by Crippen LogP contribution is -2.23. The standard InChI is InChI=1S/C9H10N4O/c1-4-6-3-7(8(10)14)13-9(6)12-5(2)11-4/h3H2,1-2H3,(H2,10,14). The van der Waals surface area contributed by atoms with E-state index in [-0.39, 0.29) is 0 Å². The molecule has 1 aromatic rings. The van der Waals surface area contributed by atoms with Crippen LogP contribution in [-0.4, -0.2) is 21.6 Å². The predicted octanol–water partition coefficient (Wildman–Crippen LogP) is 0.207. The summed E-state index contributed by atoms with van der Waals surface area (Å²) in [6, 6.07) is 0. The zero-order valence-corrected chi connectivity index (χ0v) is 8.03. The molecule has 0 saturated heterocycles. The second-order valence-electron chi connectivity index (χ2n) is 3.26. The van der Waals surface area contributed by atoms with Gasteiger partial charge in [-0.15, -0.1) is 0 Å². The molecule has 2 N–H and O–H groups in total. The highest BCUT2D eigenvalue weighted by Gasteiger charge is 2.22. The fourth-order valence-electron chi connectivity index (χ4n) is 1.49. The minimum absolute atomic E-state index is 0.364. The summed E-state index contributed by atoms with van der Waals surface area (Å²) in [4.78, 5) is 23.3. The van der Waals surface area contributed by atoms with Gasteiger partial charge < -0.3 is 5.73 Å². The summed E-state index contributed by atoms with van der Waals surface area (Å²) < 4.78 is 0. The first-order valence-corrected chi connectivity index (χ1v) is 4.29. The number of aryl methyl sites for hydroxylation is 2. The molecular formula is C9H10N4O. The maximum atomic E-state index is 10.9. The lowest BCUT2D eigenvalue weighted by molar-refractivity contribution is -0.112. The van der Waals surface area contributed by atoms with Crippen LogP contribution in [0.1, 0.15) is 17.1 Å². The van der Waals surface area contributed by atoms with Gasteiger partial charge in [-0.3, -0.25) is 4.79 Å². The van der Waals surface area contributed by atoms with Crippen LogP contribution in [0.3, 0.4) is 0 Å². The third-order valence-electron chi connectivity index (χ3n) is 2.17. The van der Waals surface area contributed by atoms with Gasteiger partial charge in [0, 0.05) is 17.7 Å². The first-order chi connectivity index (χ1) is 6.58. The highest BCUT2D eigenvalue weighted by Crippen LogP contribution is 2.26. The molecular weight excluding hydrogens is 180 g/mol. The van der Waals surface area contributed by atoms with Gasteiger partial charge in [0.2, 0.25) is 0 Å². The number of rotatable bonds is 1. The first kappa shape index (κ1) is 8.80.